The topological polar surface area (TPSA) is 103 Å². The van der Waals surface area contributed by atoms with Gasteiger partial charge in [0.15, 0.2) is 11.6 Å². The van der Waals surface area contributed by atoms with Crippen molar-refractivity contribution < 1.29 is 13.6 Å². The predicted octanol–water partition coefficient (Wildman–Crippen LogP) is 5.35. The summed E-state index contributed by atoms with van der Waals surface area (Å²) in [5.74, 6) is -1.43. The van der Waals surface area contributed by atoms with Crippen molar-refractivity contribution in [3.63, 3.8) is 0 Å². The van der Waals surface area contributed by atoms with E-state index in [1.807, 2.05) is 6.92 Å². The lowest BCUT2D eigenvalue weighted by Gasteiger charge is -2.24. The van der Waals surface area contributed by atoms with Crippen LogP contribution in [-0.2, 0) is 16.8 Å². The SMILES string of the molecule is CC(=O)NC(C)(C)c1nccc(-c2ncc(C)c(-n3c(C)cc([C@H](C)Cc4cncc(F)c4)c(Cl)c3=O)c2F)n1. The summed E-state index contributed by atoms with van der Waals surface area (Å²) in [6, 6.07) is 4.63. The van der Waals surface area contributed by atoms with Crippen molar-refractivity contribution in [3.05, 3.63) is 98.2 Å². The van der Waals surface area contributed by atoms with Crippen molar-refractivity contribution in [2.24, 2.45) is 0 Å². The number of amides is 1. The van der Waals surface area contributed by atoms with Crippen molar-refractivity contribution >= 4 is 17.5 Å². The van der Waals surface area contributed by atoms with Gasteiger partial charge in [0.25, 0.3) is 5.56 Å². The van der Waals surface area contributed by atoms with Crippen LogP contribution in [0.1, 0.15) is 61.8 Å². The van der Waals surface area contributed by atoms with Gasteiger partial charge in [0.2, 0.25) is 5.91 Å². The summed E-state index contributed by atoms with van der Waals surface area (Å²) in [7, 11) is 0. The molecular weight excluding hydrogens is 538 g/mol. The summed E-state index contributed by atoms with van der Waals surface area (Å²) in [6.45, 7) is 10.1. The number of halogens is 3. The monoisotopic (exact) mass is 566 g/mol. The average molecular weight is 567 g/mol. The van der Waals surface area contributed by atoms with Crippen LogP contribution < -0.4 is 10.9 Å². The van der Waals surface area contributed by atoms with Gasteiger partial charge in [-0.15, -0.1) is 0 Å². The van der Waals surface area contributed by atoms with Crippen LogP contribution in [0.15, 0.2) is 47.8 Å². The summed E-state index contributed by atoms with van der Waals surface area (Å²) in [4.78, 5) is 42.1. The van der Waals surface area contributed by atoms with Gasteiger partial charge in [0.05, 0.1) is 23.1 Å². The minimum Gasteiger partial charge on any atom is -0.344 e. The molecule has 11 heteroatoms. The molecule has 1 amide bonds. The van der Waals surface area contributed by atoms with E-state index in [0.717, 1.165) is 6.20 Å². The Hall–Kier alpha value is -4.05. The zero-order valence-electron chi connectivity index (χ0n) is 23.0. The predicted molar refractivity (Wildman–Crippen MR) is 148 cm³/mol. The number of carbonyl (C=O) groups is 1. The van der Waals surface area contributed by atoms with E-state index in [0.29, 0.717) is 28.8 Å². The van der Waals surface area contributed by atoms with Crippen LogP contribution in [0.5, 0.6) is 0 Å². The zero-order chi connectivity index (χ0) is 29.4. The van der Waals surface area contributed by atoms with Gasteiger partial charge >= 0.3 is 0 Å². The molecule has 0 saturated carbocycles. The van der Waals surface area contributed by atoms with Gasteiger partial charge in [-0.05, 0) is 74.9 Å². The Morgan fingerprint density at radius 3 is 2.55 bits per heavy atom. The van der Waals surface area contributed by atoms with Crippen LogP contribution >= 0.6 is 11.6 Å². The largest absolute Gasteiger partial charge is 0.344 e. The van der Waals surface area contributed by atoms with E-state index < -0.39 is 22.7 Å². The summed E-state index contributed by atoms with van der Waals surface area (Å²) < 4.78 is 31.0. The number of nitrogens with zero attached hydrogens (tertiary/aromatic N) is 5. The molecular formula is C29H29ClF2N6O2. The van der Waals surface area contributed by atoms with E-state index in [1.54, 1.807) is 40.0 Å². The van der Waals surface area contributed by atoms with Crippen molar-refractivity contribution in [2.45, 2.75) is 59.4 Å². The highest BCUT2D eigenvalue weighted by Crippen LogP contribution is 2.31. The highest BCUT2D eigenvalue weighted by atomic mass is 35.5. The number of hydrogen-bond acceptors (Lipinski definition) is 6. The minimum atomic E-state index is -0.916. The molecule has 0 aliphatic carbocycles. The van der Waals surface area contributed by atoms with Crippen molar-refractivity contribution in [2.75, 3.05) is 0 Å². The molecule has 4 rings (SSSR count). The van der Waals surface area contributed by atoms with E-state index in [2.05, 4.69) is 25.3 Å². The number of nitrogens with one attached hydrogen (secondary N) is 1. The smallest absolute Gasteiger partial charge is 0.274 e. The lowest BCUT2D eigenvalue weighted by atomic mass is 9.94. The second-order valence-electron chi connectivity index (χ2n) is 10.3. The lowest BCUT2D eigenvalue weighted by molar-refractivity contribution is -0.120. The fourth-order valence-corrected chi connectivity index (χ4v) is 5.03. The first-order valence-corrected chi connectivity index (χ1v) is 13.0. The number of hydrogen-bond donors (Lipinski definition) is 1. The zero-order valence-corrected chi connectivity index (χ0v) is 23.8. The number of aryl methyl sites for hydroxylation is 2. The fourth-order valence-electron chi connectivity index (χ4n) is 4.71. The Morgan fingerprint density at radius 1 is 1.15 bits per heavy atom. The third-order valence-corrected chi connectivity index (χ3v) is 6.92. The highest BCUT2D eigenvalue weighted by Gasteiger charge is 2.27. The van der Waals surface area contributed by atoms with Crippen LogP contribution in [0.2, 0.25) is 5.02 Å². The van der Waals surface area contributed by atoms with Gasteiger partial charge in [-0.25, -0.2) is 18.7 Å². The molecule has 4 aromatic rings. The summed E-state index contributed by atoms with van der Waals surface area (Å²) in [6.07, 6.45) is 6.01. The molecule has 4 heterocycles. The first kappa shape index (κ1) is 28.9. The second kappa shape index (κ2) is 11.2. The first-order chi connectivity index (χ1) is 18.8. The van der Waals surface area contributed by atoms with E-state index in [4.69, 9.17) is 11.6 Å². The summed E-state index contributed by atoms with van der Waals surface area (Å²) in [5.41, 5.74) is 0.717. The Kier molecular flexibility index (Phi) is 8.11. The Balaban J connectivity index is 1.79. The maximum atomic E-state index is 16.2. The van der Waals surface area contributed by atoms with Gasteiger partial charge in [-0.3, -0.25) is 24.1 Å². The van der Waals surface area contributed by atoms with Gasteiger partial charge in [0, 0.05) is 31.2 Å². The van der Waals surface area contributed by atoms with Crippen LogP contribution in [-0.4, -0.2) is 30.4 Å². The molecule has 0 radical (unpaired) electrons. The summed E-state index contributed by atoms with van der Waals surface area (Å²) in [5, 5.41) is 2.71. The molecule has 0 bridgehead atoms. The van der Waals surface area contributed by atoms with E-state index >= 15 is 4.39 Å². The van der Waals surface area contributed by atoms with Crippen LogP contribution in [0.3, 0.4) is 0 Å². The lowest BCUT2D eigenvalue weighted by Crippen LogP contribution is -2.41. The number of rotatable bonds is 7. The first-order valence-electron chi connectivity index (χ1n) is 12.6. The van der Waals surface area contributed by atoms with Crippen LogP contribution in [0, 0.1) is 25.5 Å². The molecule has 8 nitrogen and oxygen atoms in total. The van der Waals surface area contributed by atoms with Gasteiger partial charge < -0.3 is 5.32 Å². The molecule has 1 atom stereocenters. The Bertz CT molecular complexity index is 1670. The van der Waals surface area contributed by atoms with Crippen molar-refractivity contribution in [3.8, 4) is 17.1 Å². The highest BCUT2D eigenvalue weighted by molar-refractivity contribution is 6.31. The normalized spacial score (nSPS) is 12.3. The minimum absolute atomic E-state index is 0.00390. The molecule has 0 aliphatic rings. The van der Waals surface area contributed by atoms with E-state index in [-0.39, 0.29) is 39.7 Å². The van der Waals surface area contributed by atoms with Crippen molar-refractivity contribution in [1.82, 2.24) is 29.8 Å². The average Bonchev–Trinajstić information content (AvgIpc) is 2.87. The molecule has 1 N–H and O–H groups in total. The molecule has 40 heavy (non-hydrogen) atoms. The molecule has 0 unspecified atom stereocenters. The number of pyridine rings is 3. The maximum Gasteiger partial charge on any atom is 0.274 e. The molecule has 4 aromatic heterocycles. The molecule has 208 valence electrons. The Labute approximate surface area is 235 Å². The quantitative estimate of drug-likeness (QED) is 0.323. The van der Waals surface area contributed by atoms with Gasteiger partial charge in [-0.1, -0.05) is 18.5 Å². The third-order valence-electron chi connectivity index (χ3n) is 6.54. The van der Waals surface area contributed by atoms with Crippen molar-refractivity contribution in [1.29, 1.82) is 0 Å². The fraction of sp³-hybridized carbons (Fsp3) is 0.310. The Morgan fingerprint density at radius 2 is 1.88 bits per heavy atom. The van der Waals surface area contributed by atoms with Gasteiger partial charge in [0.1, 0.15) is 16.5 Å². The number of aromatic nitrogens is 5. The summed E-state index contributed by atoms with van der Waals surface area (Å²) >= 11 is 6.57. The standard InChI is InChI=1S/C29H29ClF2N6O2/c1-15(9-19-11-20(31)14-33-13-19)21-10-17(3)38(27(40)23(21)30)26-16(2)12-35-25(24(26)32)22-7-8-34-28(36-22)29(5,6)37-18(4)39/h7-8,10-15H,9H2,1-6H3,(H,37,39)/t15-/m1/s1. The molecule has 0 aromatic carbocycles. The molecule has 0 aliphatic heterocycles. The second-order valence-corrected chi connectivity index (χ2v) is 10.7. The molecule has 0 saturated heterocycles. The van der Waals surface area contributed by atoms with Gasteiger partial charge in [-0.2, -0.15) is 0 Å². The maximum absolute atomic E-state index is 16.2. The van der Waals surface area contributed by atoms with Crippen LogP contribution in [0.25, 0.3) is 17.1 Å². The van der Waals surface area contributed by atoms with Crippen LogP contribution in [0.4, 0.5) is 8.78 Å². The molecule has 0 spiro atoms. The molecule has 0 fully saturated rings. The van der Waals surface area contributed by atoms with E-state index in [9.17, 15) is 14.0 Å². The number of carbonyl (C=O) groups excluding carboxylic acids is 1. The van der Waals surface area contributed by atoms with E-state index in [1.165, 1.54) is 36.0 Å². The third kappa shape index (κ3) is 5.77.